The zero-order valence-electron chi connectivity index (χ0n) is 14.2. The lowest BCUT2D eigenvalue weighted by Crippen LogP contribution is -2.23. The average molecular weight is 335 g/mol. The van der Waals surface area contributed by atoms with Crippen molar-refractivity contribution in [3.63, 3.8) is 0 Å². The van der Waals surface area contributed by atoms with Crippen LogP contribution in [0.4, 0.5) is 0 Å². The van der Waals surface area contributed by atoms with E-state index in [1.54, 1.807) is 12.2 Å². The molecule has 0 radical (unpaired) electrons. The molecule has 0 saturated carbocycles. The summed E-state index contributed by atoms with van der Waals surface area (Å²) in [4.78, 5) is 16.4. The molecular weight excluding hydrogens is 314 g/mol. The lowest BCUT2D eigenvalue weighted by Gasteiger charge is -2.02. The third-order valence-electron chi connectivity index (χ3n) is 3.71. The molecule has 0 fully saturated rings. The molecule has 1 aromatic carbocycles. The molecule has 2 aromatic heterocycles. The lowest BCUT2D eigenvalue weighted by molar-refractivity contribution is -0.116. The first-order chi connectivity index (χ1) is 12.2. The number of hydrogen-bond acceptors (Lipinski definition) is 3. The molecule has 0 aliphatic carbocycles. The number of pyridine rings is 1. The van der Waals surface area contributed by atoms with Gasteiger partial charge in [-0.05, 0) is 42.8 Å². The summed E-state index contributed by atoms with van der Waals surface area (Å²) in [6.45, 7) is 3.14. The molecule has 0 aliphatic heterocycles. The van der Waals surface area contributed by atoms with Crippen molar-refractivity contribution in [2.75, 3.05) is 13.2 Å². The highest BCUT2D eigenvalue weighted by Crippen LogP contribution is 2.13. The Bertz CT molecular complexity index is 833. The van der Waals surface area contributed by atoms with E-state index in [-0.39, 0.29) is 5.91 Å². The molecule has 3 rings (SSSR count). The maximum Gasteiger partial charge on any atom is 0.244 e. The van der Waals surface area contributed by atoms with Crippen LogP contribution in [0.15, 0.2) is 60.9 Å². The fourth-order valence-electron chi connectivity index (χ4n) is 2.49. The quantitative estimate of drug-likeness (QED) is 0.675. The minimum Gasteiger partial charge on any atom is -0.494 e. The van der Waals surface area contributed by atoms with Gasteiger partial charge in [0.2, 0.25) is 5.91 Å². The van der Waals surface area contributed by atoms with Crippen molar-refractivity contribution in [1.29, 1.82) is 0 Å². The number of aromatic nitrogens is 2. The second-order valence-electron chi connectivity index (χ2n) is 5.57. The molecule has 5 heteroatoms. The van der Waals surface area contributed by atoms with Gasteiger partial charge in [0, 0.05) is 31.4 Å². The van der Waals surface area contributed by atoms with Crippen LogP contribution in [-0.4, -0.2) is 28.4 Å². The van der Waals surface area contributed by atoms with Crippen molar-refractivity contribution in [2.24, 2.45) is 0 Å². The Balaban J connectivity index is 1.47. The van der Waals surface area contributed by atoms with Gasteiger partial charge in [-0.3, -0.25) is 4.79 Å². The van der Waals surface area contributed by atoms with E-state index in [2.05, 4.69) is 10.3 Å². The minimum absolute atomic E-state index is 0.113. The lowest BCUT2D eigenvalue weighted by atomic mass is 10.2. The van der Waals surface area contributed by atoms with Gasteiger partial charge in [-0.25, -0.2) is 4.98 Å². The van der Waals surface area contributed by atoms with Crippen molar-refractivity contribution in [2.45, 2.75) is 13.3 Å². The molecular formula is C20H21N3O2. The molecule has 3 aromatic rings. The van der Waals surface area contributed by atoms with Gasteiger partial charge in [0.05, 0.1) is 12.3 Å². The summed E-state index contributed by atoms with van der Waals surface area (Å²) in [6.07, 6.45) is 7.97. The topological polar surface area (TPSA) is 55.6 Å². The van der Waals surface area contributed by atoms with Crippen LogP contribution in [0.25, 0.3) is 11.7 Å². The predicted molar refractivity (Wildman–Crippen MR) is 98.6 cm³/mol. The highest BCUT2D eigenvalue weighted by Gasteiger charge is 2.01. The normalized spacial score (nSPS) is 11.1. The monoisotopic (exact) mass is 335 g/mol. The highest BCUT2D eigenvalue weighted by atomic mass is 16.5. The second kappa shape index (κ2) is 8.15. The largest absolute Gasteiger partial charge is 0.494 e. The van der Waals surface area contributed by atoms with Crippen LogP contribution < -0.4 is 10.1 Å². The zero-order valence-corrected chi connectivity index (χ0v) is 14.2. The SMILES string of the molecule is CCOc1ccc(/C=C/C(=O)NCCc2cn3ccccc3n2)cc1. The first-order valence-corrected chi connectivity index (χ1v) is 8.36. The maximum atomic E-state index is 11.9. The molecule has 128 valence electrons. The van der Waals surface area contributed by atoms with E-state index in [1.165, 1.54) is 0 Å². The van der Waals surface area contributed by atoms with Gasteiger partial charge in [-0.2, -0.15) is 0 Å². The van der Waals surface area contributed by atoms with Crippen LogP contribution in [0.1, 0.15) is 18.2 Å². The van der Waals surface area contributed by atoms with Gasteiger partial charge < -0.3 is 14.5 Å². The number of nitrogens with zero attached hydrogens (tertiary/aromatic N) is 2. The van der Waals surface area contributed by atoms with Gasteiger partial charge in [0.1, 0.15) is 11.4 Å². The fourth-order valence-corrected chi connectivity index (χ4v) is 2.49. The van der Waals surface area contributed by atoms with Crippen LogP contribution >= 0.6 is 0 Å². The molecule has 5 nitrogen and oxygen atoms in total. The van der Waals surface area contributed by atoms with Gasteiger partial charge in [-0.1, -0.05) is 18.2 Å². The molecule has 0 spiro atoms. The van der Waals surface area contributed by atoms with Crippen molar-refractivity contribution in [1.82, 2.24) is 14.7 Å². The third kappa shape index (κ3) is 4.70. The maximum absolute atomic E-state index is 11.9. The Morgan fingerprint density at radius 3 is 2.84 bits per heavy atom. The van der Waals surface area contributed by atoms with E-state index in [1.807, 2.05) is 66.2 Å². The van der Waals surface area contributed by atoms with Crippen LogP contribution in [0, 0.1) is 0 Å². The Morgan fingerprint density at radius 1 is 1.24 bits per heavy atom. The predicted octanol–water partition coefficient (Wildman–Crippen LogP) is 3.11. The van der Waals surface area contributed by atoms with Crippen LogP contribution in [0.2, 0.25) is 0 Å². The Kier molecular flexibility index (Phi) is 5.46. The van der Waals surface area contributed by atoms with Crippen molar-refractivity contribution in [3.05, 3.63) is 72.2 Å². The van der Waals surface area contributed by atoms with Gasteiger partial charge >= 0.3 is 0 Å². The molecule has 1 N–H and O–H groups in total. The van der Waals surface area contributed by atoms with E-state index >= 15 is 0 Å². The summed E-state index contributed by atoms with van der Waals surface area (Å²) in [5.74, 6) is 0.717. The molecule has 0 aliphatic rings. The first kappa shape index (κ1) is 16.8. The van der Waals surface area contributed by atoms with Crippen molar-refractivity contribution < 1.29 is 9.53 Å². The summed E-state index contributed by atoms with van der Waals surface area (Å²) in [5.41, 5.74) is 2.83. The van der Waals surface area contributed by atoms with Gasteiger partial charge in [-0.15, -0.1) is 0 Å². The van der Waals surface area contributed by atoms with E-state index in [0.29, 0.717) is 19.6 Å². The molecule has 0 saturated heterocycles. The number of hydrogen-bond donors (Lipinski definition) is 1. The van der Waals surface area contributed by atoms with E-state index < -0.39 is 0 Å². The van der Waals surface area contributed by atoms with E-state index in [9.17, 15) is 4.79 Å². The molecule has 1 amide bonds. The highest BCUT2D eigenvalue weighted by molar-refractivity contribution is 5.91. The van der Waals surface area contributed by atoms with Crippen molar-refractivity contribution in [3.8, 4) is 5.75 Å². The number of fused-ring (bicyclic) bond motifs is 1. The first-order valence-electron chi connectivity index (χ1n) is 8.36. The summed E-state index contributed by atoms with van der Waals surface area (Å²) < 4.78 is 7.37. The molecule has 0 atom stereocenters. The number of nitrogens with one attached hydrogen (secondary N) is 1. The van der Waals surface area contributed by atoms with Gasteiger partial charge in [0.15, 0.2) is 0 Å². The summed E-state index contributed by atoms with van der Waals surface area (Å²) in [5, 5.41) is 2.88. The summed E-state index contributed by atoms with van der Waals surface area (Å²) in [7, 11) is 0. The van der Waals surface area contributed by atoms with Crippen LogP contribution in [-0.2, 0) is 11.2 Å². The number of ether oxygens (including phenoxy) is 1. The molecule has 0 unspecified atom stereocenters. The van der Waals surface area contributed by atoms with Crippen LogP contribution in [0.3, 0.4) is 0 Å². The number of carbonyl (C=O) groups excluding carboxylic acids is 1. The number of benzene rings is 1. The smallest absolute Gasteiger partial charge is 0.244 e. The Hall–Kier alpha value is -3.08. The number of imidazole rings is 1. The Morgan fingerprint density at radius 2 is 2.08 bits per heavy atom. The number of carbonyl (C=O) groups is 1. The fraction of sp³-hybridized carbons (Fsp3) is 0.200. The minimum atomic E-state index is -0.113. The zero-order chi connectivity index (χ0) is 17.5. The molecule has 25 heavy (non-hydrogen) atoms. The van der Waals surface area contributed by atoms with E-state index in [0.717, 1.165) is 22.7 Å². The number of rotatable bonds is 7. The van der Waals surface area contributed by atoms with Crippen LogP contribution in [0.5, 0.6) is 5.75 Å². The summed E-state index contributed by atoms with van der Waals surface area (Å²) in [6, 6.07) is 13.5. The molecule has 2 heterocycles. The van der Waals surface area contributed by atoms with E-state index in [4.69, 9.17) is 4.74 Å². The van der Waals surface area contributed by atoms with Crippen molar-refractivity contribution >= 4 is 17.6 Å². The second-order valence-corrected chi connectivity index (χ2v) is 5.57. The standard InChI is InChI=1S/C20H21N3O2/c1-2-25-18-9-6-16(7-10-18)8-11-20(24)21-13-12-17-15-23-14-4-3-5-19(23)22-17/h3-11,14-15H,2,12-13H2,1H3,(H,21,24)/b11-8+. The van der Waals surface area contributed by atoms with Gasteiger partial charge in [0.25, 0.3) is 0 Å². The average Bonchev–Trinajstić information content (AvgIpc) is 3.04. The number of amides is 1. The summed E-state index contributed by atoms with van der Waals surface area (Å²) >= 11 is 0. The molecule has 0 bridgehead atoms. The third-order valence-corrected chi connectivity index (χ3v) is 3.71. The Labute approximate surface area is 147 Å².